The predicted octanol–water partition coefficient (Wildman–Crippen LogP) is -2.98. The van der Waals surface area contributed by atoms with Crippen molar-refractivity contribution in [3.05, 3.63) is 11.5 Å². The molecule has 1 atom stereocenters. The van der Waals surface area contributed by atoms with Crippen molar-refractivity contribution < 1.29 is 61.3 Å². The summed E-state index contributed by atoms with van der Waals surface area (Å²) in [7, 11) is 2.72. The van der Waals surface area contributed by atoms with Gasteiger partial charge < -0.3 is 9.90 Å². The van der Waals surface area contributed by atoms with Crippen LogP contribution in [-0.2, 0) is 4.79 Å². The van der Waals surface area contributed by atoms with Crippen molar-refractivity contribution in [1.29, 1.82) is 0 Å². The van der Waals surface area contributed by atoms with Gasteiger partial charge in [0.15, 0.2) is 0 Å². The summed E-state index contributed by atoms with van der Waals surface area (Å²) in [6, 6.07) is 0. The van der Waals surface area contributed by atoms with Crippen molar-refractivity contribution in [2.24, 2.45) is 0 Å². The largest absolute Gasteiger partial charge is 1.00 e. The van der Waals surface area contributed by atoms with E-state index >= 15 is 0 Å². The van der Waals surface area contributed by atoms with Gasteiger partial charge in [-0.25, -0.2) is 0 Å². The van der Waals surface area contributed by atoms with E-state index in [1.165, 1.54) is 21.6 Å². The van der Waals surface area contributed by atoms with Crippen LogP contribution in [0.15, 0.2) is 11.5 Å². The van der Waals surface area contributed by atoms with Gasteiger partial charge >= 0.3 is 51.4 Å². The number of carboxylic acids is 1. The molecule has 9 heavy (non-hydrogen) atoms. The summed E-state index contributed by atoms with van der Waals surface area (Å²) in [5.74, 6) is -1.00. The molecular formula is C4H3KO2S2. The molecule has 0 radical (unpaired) electrons. The zero-order chi connectivity index (χ0) is 5.98. The summed E-state index contributed by atoms with van der Waals surface area (Å²) in [6.07, 6.45) is 1.62. The average Bonchev–Trinajstić information content (AvgIpc) is 2.12. The van der Waals surface area contributed by atoms with Gasteiger partial charge in [0.25, 0.3) is 0 Å². The molecule has 0 aromatic rings. The van der Waals surface area contributed by atoms with Gasteiger partial charge in [0.05, 0.1) is 11.2 Å². The summed E-state index contributed by atoms with van der Waals surface area (Å²) in [4.78, 5) is 10.0. The SMILES string of the molecule is O=C([O-])C1C=CSS1.[K+]. The first kappa shape index (κ1) is 10.5. The summed E-state index contributed by atoms with van der Waals surface area (Å²) in [5, 5.41) is 11.3. The maximum Gasteiger partial charge on any atom is 1.00 e. The van der Waals surface area contributed by atoms with Crippen molar-refractivity contribution in [2.75, 3.05) is 0 Å². The van der Waals surface area contributed by atoms with E-state index in [1.54, 1.807) is 11.5 Å². The summed E-state index contributed by atoms with van der Waals surface area (Å²) >= 11 is 0. The molecule has 1 heterocycles. The molecule has 0 aromatic carbocycles. The number of carboxylic acid groups (broad SMARTS) is 1. The molecule has 0 fully saturated rings. The number of carbonyl (C=O) groups excluding carboxylic acids is 1. The zero-order valence-corrected chi connectivity index (χ0v) is 9.62. The van der Waals surface area contributed by atoms with E-state index in [9.17, 15) is 9.90 Å². The summed E-state index contributed by atoms with van der Waals surface area (Å²) in [5.41, 5.74) is 0. The third-order valence-corrected chi connectivity index (χ3v) is 2.93. The fourth-order valence-corrected chi connectivity index (χ4v) is 2.24. The fraction of sp³-hybridized carbons (Fsp3) is 0.250. The van der Waals surface area contributed by atoms with E-state index in [2.05, 4.69) is 0 Å². The number of aliphatic carboxylic acids is 1. The van der Waals surface area contributed by atoms with Crippen LogP contribution in [-0.4, -0.2) is 11.2 Å². The van der Waals surface area contributed by atoms with E-state index in [-0.39, 0.29) is 51.4 Å². The van der Waals surface area contributed by atoms with E-state index in [1.807, 2.05) is 0 Å². The standard InChI is InChI=1S/C4H4O2S2.K/c5-4(6)3-1-2-7-8-3;/h1-3H,(H,5,6);/q;+1/p-1. The molecular weight excluding hydrogens is 183 g/mol. The van der Waals surface area contributed by atoms with Gasteiger partial charge in [0, 0.05) is 0 Å². The van der Waals surface area contributed by atoms with Gasteiger partial charge in [-0.2, -0.15) is 0 Å². The van der Waals surface area contributed by atoms with Gasteiger partial charge in [0.2, 0.25) is 0 Å². The van der Waals surface area contributed by atoms with E-state index in [4.69, 9.17) is 0 Å². The Kier molecular flexibility index (Phi) is 6.13. The molecule has 1 unspecified atom stereocenters. The van der Waals surface area contributed by atoms with Crippen LogP contribution in [0.5, 0.6) is 0 Å². The van der Waals surface area contributed by atoms with Gasteiger partial charge in [-0.15, -0.1) is 0 Å². The van der Waals surface area contributed by atoms with Crippen LogP contribution < -0.4 is 56.5 Å². The second-order valence-electron chi connectivity index (χ2n) is 1.26. The molecule has 0 aliphatic carbocycles. The second kappa shape index (κ2) is 5.23. The van der Waals surface area contributed by atoms with Crippen molar-refractivity contribution in [1.82, 2.24) is 0 Å². The van der Waals surface area contributed by atoms with Crippen LogP contribution in [0.25, 0.3) is 0 Å². The fourth-order valence-electron chi connectivity index (χ4n) is 0.345. The van der Waals surface area contributed by atoms with Crippen LogP contribution in [0.1, 0.15) is 0 Å². The molecule has 44 valence electrons. The maximum absolute atomic E-state index is 10.0. The normalized spacial score (nSPS) is 23.3. The molecule has 2 nitrogen and oxygen atoms in total. The molecule has 0 amide bonds. The topological polar surface area (TPSA) is 40.1 Å². The van der Waals surface area contributed by atoms with Crippen molar-refractivity contribution in [3.63, 3.8) is 0 Å². The Morgan fingerprint density at radius 1 is 1.67 bits per heavy atom. The third kappa shape index (κ3) is 3.45. The van der Waals surface area contributed by atoms with Crippen LogP contribution in [0.4, 0.5) is 0 Å². The second-order valence-corrected chi connectivity index (χ2v) is 3.58. The zero-order valence-electron chi connectivity index (χ0n) is 4.87. The molecule has 0 aromatic heterocycles. The quantitative estimate of drug-likeness (QED) is 0.324. The molecule has 5 heteroatoms. The van der Waals surface area contributed by atoms with Gasteiger partial charge in [-0.3, -0.25) is 0 Å². The summed E-state index contributed by atoms with van der Waals surface area (Å²) < 4.78 is 0. The van der Waals surface area contributed by atoms with E-state index in [0.29, 0.717) is 0 Å². The predicted molar refractivity (Wildman–Crippen MR) is 33.1 cm³/mol. The van der Waals surface area contributed by atoms with Crippen molar-refractivity contribution in [2.45, 2.75) is 5.25 Å². The van der Waals surface area contributed by atoms with Crippen LogP contribution in [0.3, 0.4) is 0 Å². The Hall–Kier alpha value is 1.55. The molecule has 1 aliphatic rings. The number of carbonyl (C=O) groups is 1. The molecule has 1 rings (SSSR count). The van der Waals surface area contributed by atoms with Crippen molar-refractivity contribution in [3.8, 4) is 0 Å². The molecule has 0 saturated carbocycles. The van der Waals surface area contributed by atoms with Crippen LogP contribution in [0, 0.1) is 0 Å². The minimum atomic E-state index is -1.00. The molecule has 0 spiro atoms. The van der Waals surface area contributed by atoms with Crippen LogP contribution in [0.2, 0.25) is 0 Å². The Morgan fingerprint density at radius 2 is 2.33 bits per heavy atom. The minimum Gasteiger partial charge on any atom is -0.549 e. The first-order valence-electron chi connectivity index (χ1n) is 2.00. The Morgan fingerprint density at radius 3 is 2.56 bits per heavy atom. The average molecular weight is 186 g/mol. The Balaban J connectivity index is 0.000000640. The number of rotatable bonds is 1. The van der Waals surface area contributed by atoms with E-state index < -0.39 is 11.2 Å². The smallest absolute Gasteiger partial charge is 0.549 e. The molecule has 0 bridgehead atoms. The molecule has 0 N–H and O–H groups in total. The van der Waals surface area contributed by atoms with Gasteiger partial charge in [0.1, 0.15) is 0 Å². The minimum absolute atomic E-state index is 0. The first-order valence-corrected chi connectivity index (χ1v) is 4.28. The Bertz CT molecular complexity index is 137. The van der Waals surface area contributed by atoms with E-state index in [0.717, 1.165) is 0 Å². The molecule has 1 aliphatic heterocycles. The van der Waals surface area contributed by atoms with Gasteiger partial charge in [-0.05, 0) is 5.41 Å². The molecule has 0 saturated heterocycles. The maximum atomic E-state index is 10.0. The van der Waals surface area contributed by atoms with Crippen molar-refractivity contribution >= 4 is 27.6 Å². The van der Waals surface area contributed by atoms with Gasteiger partial charge in [-0.1, -0.05) is 27.7 Å². The number of hydrogen-bond acceptors (Lipinski definition) is 4. The first-order chi connectivity index (χ1) is 3.80. The third-order valence-electron chi connectivity index (χ3n) is 0.700. The summed E-state index contributed by atoms with van der Waals surface area (Å²) in [6.45, 7) is 0. The Labute approximate surface area is 104 Å². The monoisotopic (exact) mass is 186 g/mol. The van der Waals surface area contributed by atoms with Crippen LogP contribution >= 0.6 is 21.6 Å². The number of hydrogen-bond donors (Lipinski definition) is 0.